The summed E-state index contributed by atoms with van der Waals surface area (Å²) in [5, 5.41) is 19.6. The van der Waals surface area contributed by atoms with Crippen molar-refractivity contribution in [3.05, 3.63) is 64.4 Å². The third-order valence-corrected chi connectivity index (χ3v) is 5.38. The molecule has 0 bridgehead atoms. The topological polar surface area (TPSA) is 119 Å². The van der Waals surface area contributed by atoms with Gasteiger partial charge in [-0.15, -0.1) is 10.2 Å². The highest BCUT2D eigenvalue weighted by Crippen LogP contribution is 2.23. The average Bonchev–Trinajstić information content (AvgIpc) is 3.06. The minimum atomic E-state index is -0.462. The molecule has 0 aliphatic heterocycles. The minimum Gasteiger partial charge on any atom is -0.485 e. The maximum absolute atomic E-state index is 12.4. The highest BCUT2D eigenvalue weighted by atomic mass is 79.9. The van der Waals surface area contributed by atoms with Crippen LogP contribution in [0.1, 0.15) is 18.3 Å². The van der Waals surface area contributed by atoms with Gasteiger partial charge in [-0.2, -0.15) is 5.26 Å². The number of carbonyl (C=O) groups is 1. The molecule has 0 saturated heterocycles. The van der Waals surface area contributed by atoms with Gasteiger partial charge in [0, 0.05) is 10.2 Å². The Hall–Kier alpha value is -3.03. The van der Waals surface area contributed by atoms with Gasteiger partial charge in [0.1, 0.15) is 12.4 Å². The Morgan fingerprint density at radius 2 is 2.10 bits per heavy atom. The predicted octanol–water partition coefficient (Wildman–Crippen LogP) is 3.32. The van der Waals surface area contributed by atoms with Crippen molar-refractivity contribution >= 4 is 39.3 Å². The molecule has 0 saturated carbocycles. The quantitative estimate of drug-likeness (QED) is 0.399. The number of anilines is 1. The number of nitrogen functional groups attached to an aromatic ring is 1. The number of nitriles is 1. The van der Waals surface area contributed by atoms with Crippen LogP contribution in [-0.2, 0) is 11.4 Å². The number of nitrogens with zero attached hydrogens (tertiary/aromatic N) is 4. The highest BCUT2D eigenvalue weighted by molar-refractivity contribution is 9.10. The molecule has 10 heteroatoms. The molecule has 0 unspecified atom stereocenters. The first kappa shape index (κ1) is 20.7. The summed E-state index contributed by atoms with van der Waals surface area (Å²) in [5.74, 6) is 6.95. The van der Waals surface area contributed by atoms with E-state index in [9.17, 15) is 4.79 Å². The third-order valence-electron chi connectivity index (χ3n) is 3.83. The zero-order chi connectivity index (χ0) is 20.8. The summed E-state index contributed by atoms with van der Waals surface area (Å²) in [5.41, 5.74) is 1.14. The van der Waals surface area contributed by atoms with Crippen LogP contribution in [0.4, 0.5) is 5.69 Å². The number of carbonyl (C=O) groups excluding carboxylic acids is 1. The Kier molecular flexibility index (Phi) is 6.74. The predicted molar refractivity (Wildman–Crippen MR) is 114 cm³/mol. The van der Waals surface area contributed by atoms with Gasteiger partial charge >= 0.3 is 0 Å². The van der Waals surface area contributed by atoms with Gasteiger partial charge in [0.25, 0.3) is 0 Å². The Balaban J connectivity index is 1.58. The summed E-state index contributed by atoms with van der Waals surface area (Å²) in [6.07, 6.45) is 0. The summed E-state index contributed by atoms with van der Waals surface area (Å²) < 4.78 is 7.89. The van der Waals surface area contributed by atoms with Crippen molar-refractivity contribution < 1.29 is 9.53 Å². The molecule has 1 heterocycles. The van der Waals surface area contributed by atoms with E-state index in [0.717, 1.165) is 4.47 Å². The van der Waals surface area contributed by atoms with Crippen molar-refractivity contribution in [2.24, 2.45) is 0 Å². The molecule has 148 valence electrons. The van der Waals surface area contributed by atoms with Crippen LogP contribution in [0.15, 0.2) is 58.2 Å². The molecule has 2 aromatic carbocycles. The SMILES string of the molecule is C[C@@H](Sc1nnc(COc2cccc(Br)c2)n1N)C(=O)Nc1ccc(C#N)cc1. The minimum absolute atomic E-state index is 0.145. The first-order valence-electron chi connectivity index (χ1n) is 8.51. The monoisotopic (exact) mass is 472 g/mol. The number of rotatable bonds is 7. The van der Waals surface area contributed by atoms with E-state index in [2.05, 4.69) is 31.4 Å². The van der Waals surface area contributed by atoms with Crippen LogP contribution in [0.25, 0.3) is 0 Å². The highest BCUT2D eigenvalue weighted by Gasteiger charge is 2.19. The molecule has 0 spiro atoms. The van der Waals surface area contributed by atoms with Crippen LogP contribution in [0.5, 0.6) is 5.75 Å². The third kappa shape index (κ3) is 5.49. The molecule has 3 aromatic rings. The zero-order valence-electron chi connectivity index (χ0n) is 15.4. The fourth-order valence-electron chi connectivity index (χ4n) is 2.27. The van der Waals surface area contributed by atoms with Crippen molar-refractivity contribution in [2.75, 3.05) is 11.2 Å². The number of aromatic nitrogens is 3. The van der Waals surface area contributed by atoms with Gasteiger partial charge < -0.3 is 15.9 Å². The van der Waals surface area contributed by atoms with Gasteiger partial charge in [-0.25, -0.2) is 4.68 Å². The molecule has 8 nitrogen and oxygen atoms in total. The molecule has 1 aromatic heterocycles. The lowest BCUT2D eigenvalue weighted by atomic mass is 10.2. The van der Waals surface area contributed by atoms with Crippen LogP contribution in [0.3, 0.4) is 0 Å². The molecular formula is C19H17BrN6O2S. The first-order valence-corrected chi connectivity index (χ1v) is 10.2. The van der Waals surface area contributed by atoms with E-state index in [1.165, 1.54) is 16.4 Å². The fourth-order valence-corrected chi connectivity index (χ4v) is 3.44. The fraction of sp³-hybridized carbons (Fsp3) is 0.158. The van der Waals surface area contributed by atoms with E-state index < -0.39 is 5.25 Å². The van der Waals surface area contributed by atoms with Gasteiger partial charge in [0.15, 0.2) is 5.82 Å². The van der Waals surface area contributed by atoms with Gasteiger partial charge in [-0.1, -0.05) is 33.8 Å². The van der Waals surface area contributed by atoms with Crippen LogP contribution >= 0.6 is 27.7 Å². The van der Waals surface area contributed by atoms with Crippen molar-refractivity contribution in [2.45, 2.75) is 23.9 Å². The molecule has 0 aliphatic carbocycles. The number of thioether (sulfide) groups is 1. The van der Waals surface area contributed by atoms with Gasteiger partial charge in [-0.05, 0) is 49.4 Å². The molecule has 29 heavy (non-hydrogen) atoms. The Bertz CT molecular complexity index is 1050. The Morgan fingerprint density at radius 1 is 1.34 bits per heavy atom. The summed E-state index contributed by atoms with van der Waals surface area (Å²) in [7, 11) is 0. The van der Waals surface area contributed by atoms with Crippen molar-refractivity contribution in [1.82, 2.24) is 14.9 Å². The molecule has 3 rings (SSSR count). The number of benzene rings is 2. The number of hydrogen-bond acceptors (Lipinski definition) is 7. The normalized spacial score (nSPS) is 11.5. The molecular weight excluding hydrogens is 456 g/mol. The molecule has 1 amide bonds. The summed E-state index contributed by atoms with van der Waals surface area (Å²) in [6.45, 7) is 1.89. The standard InChI is InChI=1S/C19H17BrN6O2S/c1-12(18(27)23-15-7-5-13(10-21)6-8-15)29-19-25-24-17(26(19)22)11-28-16-4-2-3-14(20)9-16/h2-9,12H,11,22H2,1H3,(H,23,27)/t12-/m1/s1. The molecule has 1 atom stereocenters. The van der Waals surface area contributed by atoms with Gasteiger partial charge in [-0.3, -0.25) is 4.79 Å². The molecule has 0 fully saturated rings. The summed E-state index contributed by atoms with van der Waals surface area (Å²) in [6, 6.07) is 16.1. The molecule has 0 aliphatic rings. The summed E-state index contributed by atoms with van der Waals surface area (Å²) >= 11 is 4.57. The average molecular weight is 473 g/mol. The Morgan fingerprint density at radius 3 is 2.79 bits per heavy atom. The second kappa shape index (κ2) is 9.45. The van der Waals surface area contributed by atoms with Gasteiger partial charge in [0.05, 0.1) is 16.9 Å². The smallest absolute Gasteiger partial charge is 0.237 e. The van der Waals surface area contributed by atoms with Crippen LogP contribution in [-0.4, -0.2) is 26.0 Å². The van der Waals surface area contributed by atoms with E-state index in [0.29, 0.717) is 28.0 Å². The Labute approximate surface area is 180 Å². The van der Waals surface area contributed by atoms with E-state index in [4.69, 9.17) is 15.8 Å². The van der Waals surface area contributed by atoms with E-state index >= 15 is 0 Å². The maximum atomic E-state index is 12.4. The second-order valence-corrected chi connectivity index (χ2v) is 8.18. The van der Waals surface area contributed by atoms with Crippen molar-refractivity contribution in [3.8, 4) is 11.8 Å². The van der Waals surface area contributed by atoms with Gasteiger partial charge in [0.2, 0.25) is 11.1 Å². The van der Waals surface area contributed by atoms with Crippen LogP contribution in [0.2, 0.25) is 0 Å². The van der Waals surface area contributed by atoms with Crippen molar-refractivity contribution in [1.29, 1.82) is 5.26 Å². The zero-order valence-corrected chi connectivity index (χ0v) is 17.8. The lowest BCUT2D eigenvalue weighted by Crippen LogP contribution is -2.24. The van der Waals surface area contributed by atoms with E-state index in [1.54, 1.807) is 31.2 Å². The maximum Gasteiger partial charge on any atom is 0.237 e. The largest absolute Gasteiger partial charge is 0.485 e. The lowest BCUT2D eigenvalue weighted by molar-refractivity contribution is -0.115. The number of halogens is 1. The van der Waals surface area contributed by atoms with Crippen LogP contribution in [0, 0.1) is 11.3 Å². The second-order valence-electron chi connectivity index (χ2n) is 5.95. The number of ether oxygens (including phenoxy) is 1. The first-order chi connectivity index (χ1) is 14.0. The van der Waals surface area contributed by atoms with Crippen molar-refractivity contribution in [3.63, 3.8) is 0 Å². The number of nitrogens with two attached hydrogens (primary N) is 1. The lowest BCUT2D eigenvalue weighted by Gasteiger charge is -2.11. The molecule has 3 N–H and O–H groups in total. The van der Waals surface area contributed by atoms with E-state index in [1.807, 2.05) is 30.3 Å². The number of amides is 1. The van der Waals surface area contributed by atoms with Crippen LogP contribution < -0.4 is 15.9 Å². The number of nitrogens with one attached hydrogen (secondary N) is 1. The summed E-state index contributed by atoms with van der Waals surface area (Å²) in [4.78, 5) is 12.4. The number of hydrogen-bond donors (Lipinski definition) is 2. The molecule has 0 radical (unpaired) electrons. The van der Waals surface area contributed by atoms with E-state index in [-0.39, 0.29) is 12.5 Å².